The first-order chi connectivity index (χ1) is 27.7. The van der Waals surface area contributed by atoms with Crippen LogP contribution in [0.2, 0.25) is 0 Å². The summed E-state index contributed by atoms with van der Waals surface area (Å²) in [6.45, 7) is 3.87. The second-order valence-corrected chi connectivity index (χ2v) is 17.3. The van der Waals surface area contributed by atoms with E-state index in [1.54, 1.807) is 0 Å². The van der Waals surface area contributed by atoms with Gasteiger partial charge < -0.3 is 25.2 Å². The second-order valence-electron chi connectivity index (χ2n) is 15.9. The van der Waals surface area contributed by atoms with Crippen molar-refractivity contribution < 1.29 is 42.7 Å². The lowest BCUT2D eigenvalue weighted by Crippen LogP contribution is -2.34. The molecule has 0 heterocycles. The number of carbonyl (C=O) groups is 2. The van der Waals surface area contributed by atoms with Gasteiger partial charge in [-0.3, -0.25) is 18.6 Å². The van der Waals surface area contributed by atoms with Gasteiger partial charge in [0, 0.05) is 13.0 Å². The largest absolute Gasteiger partial charge is 0.480 e. The van der Waals surface area contributed by atoms with Crippen LogP contribution in [0.15, 0.2) is 24.3 Å². The number of phosphoric acid groups is 1. The third-order valence-corrected chi connectivity index (χ3v) is 11.2. The first-order valence-electron chi connectivity index (χ1n) is 23.4. The zero-order chi connectivity index (χ0) is 41.9. The molecule has 0 aromatic carbocycles. The molecule has 0 aliphatic heterocycles. The molecule has 3 unspecified atom stereocenters. The summed E-state index contributed by atoms with van der Waals surface area (Å²) in [6.07, 6.45) is 46.6. The van der Waals surface area contributed by atoms with Gasteiger partial charge in [0.1, 0.15) is 12.1 Å². The number of esters is 1. The quantitative estimate of drug-likeness (QED) is 0.0234. The Bertz CT molecular complexity index is 1010. The lowest BCUT2D eigenvalue weighted by Gasteiger charge is -2.20. The highest BCUT2D eigenvalue weighted by Crippen LogP contribution is 2.43. The smallest absolute Gasteiger partial charge is 0.472 e. The van der Waals surface area contributed by atoms with Crippen LogP contribution in [0.4, 0.5) is 0 Å². The number of unbranched alkanes of at least 4 members (excludes halogenated alkanes) is 27. The van der Waals surface area contributed by atoms with E-state index in [-0.39, 0.29) is 13.0 Å². The van der Waals surface area contributed by atoms with Crippen molar-refractivity contribution in [3.8, 4) is 0 Å². The second kappa shape index (κ2) is 42.6. The summed E-state index contributed by atoms with van der Waals surface area (Å²) in [5, 5.41) is 8.90. The van der Waals surface area contributed by atoms with E-state index in [9.17, 15) is 19.0 Å². The van der Waals surface area contributed by atoms with Gasteiger partial charge in [0.2, 0.25) is 0 Å². The molecule has 0 saturated heterocycles. The highest BCUT2D eigenvalue weighted by molar-refractivity contribution is 7.47. The van der Waals surface area contributed by atoms with Gasteiger partial charge in [0.05, 0.1) is 19.8 Å². The van der Waals surface area contributed by atoms with E-state index < -0.39 is 45.1 Å². The van der Waals surface area contributed by atoms with Gasteiger partial charge in [0.15, 0.2) is 0 Å². The van der Waals surface area contributed by atoms with Gasteiger partial charge in [-0.1, -0.05) is 192 Å². The van der Waals surface area contributed by atoms with Gasteiger partial charge >= 0.3 is 19.8 Å². The fourth-order valence-electron chi connectivity index (χ4n) is 6.58. The van der Waals surface area contributed by atoms with E-state index in [1.807, 2.05) is 0 Å². The predicted molar refractivity (Wildman–Crippen MR) is 235 cm³/mol. The number of carbonyl (C=O) groups excluding carboxylic acids is 1. The van der Waals surface area contributed by atoms with Crippen molar-refractivity contribution in [3.05, 3.63) is 24.3 Å². The van der Waals surface area contributed by atoms with Crippen molar-refractivity contribution >= 4 is 19.8 Å². The third-order valence-electron chi connectivity index (χ3n) is 10.2. The van der Waals surface area contributed by atoms with Crippen molar-refractivity contribution in [2.45, 2.75) is 231 Å². The Morgan fingerprint density at radius 2 is 0.965 bits per heavy atom. The minimum absolute atomic E-state index is 0.0155. The monoisotopic (exact) mass is 830 g/mol. The first kappa shape index (κ1) is 55.5. The molecule has 0 spiro atoms. The maximum absolute atomic E-state index is 12.6. The van der Waals surface area contributed by atoms with E-state index in [0.717, 1.165) is 57.8 Å². The number of hydrogen-bond acceptors (Lipinski definition) is 8. The van der Waals surface area contributed by atoms with Gasteiger partial charge in [-0.2, -0.15) is 0 Å². The van der Waals surface area contributed by atoms with Crippen LogP contribution in [0.3, 0.4) is 0 Å². The maximum Gasteiger partial charge on any atom is 0.472 e. The molecule has 0 aromatic rings. The highest BCUT2D eigenvalue weighted by Gasteiger charge is 2.27. The molecule has 3 atom stereocenters. The van der Waals surface area contributed by atoms with E-state index in [0.29, 0.717) is 13.0 Å². The Hall–Kier alpha value is -1.55. The molecule has 0 rings (SSSR count). The summed E-state index contributed by atoms with van der Waals surface area (Å²) in [5.41, 5.74) is 5.36. The zero-order valence-electron chi connectivity index (χ0n) is 36.7. The zero-order valence-corrected chi connectivity index (χ0v) is 37.6. The molecule has 10 nitrogen and oxygen atoms in total. The first-order valence-corrected chi connectivity index (χ1v) is 24.9. The Labute approximate surface area is 349 Å². The summed E-state index contributed by atoms with van der Waals surface area (Å²) in [5.74, 6) is -1.79. The molecular formula is C46H88NO9P. The summed E-state index contributed by atoms with van der Waals surface area (Å²) in [7, 11) is -4.62. The van der Waals surface area contributed by atoms with Crippen LogP contribution >= 0.6 is 7.82 Å². The van der Waals surface area contributed by atoms with Crippen molar-refractivity contribution in [2.24, 2.45) is 5.73 Å². The Balaban J connectivity index is 4.16. The van der Waals surface area contributed by atoms with Crippen molar-refractivity contribution in [3.63, 3.8) is 0 Å². The number of rotatable bonds is 45. The van der Waals surface area contributed by atoms with Crippen LogP contribution in [0.5, 0.6) is 0 Å². The van der Waals surface area contributed by atoms with Crippen molar-refractivity contribution in [1.29, 1.82) is 0 Å². The number of carboxylic acids is 1. The van der Waals surface area contributed by atoms with Crippen LogP contribution in [-0.4, -0.2) is 60.5 Å². The van der Waals surface area contributed by atoms with Crippen LogP contribution < -0.4 is 5.73 Å². The molecule has 0 aliphatic carbocycles. The number of aliphatic carboxylic acids is 1. The molecular weight excluding hydrogens is 741 g/mol. The summed E-state index contributed by atoms with van der Waals surface area (Å²) in [6, 6.07) is -1.47. The SMILES string of the molecule is CCCCC/C=C\C/C=C\CCCCCCCC(=O)OC(COCCCCCCCCCCCCCCCCCCCCCC)COP(=O)(O)OCC(N)C(=O)O. The van der Waals surface area contributed by atoms with Gasteiger partial charge in [-0.05, 0) is 44.9 Å². The number of nitrogens with two attached hydrogens (primary N) is 1. The minimum Gasteiger partial charge on any atom is -0.480 e. The fraction of sp³-hybridized carbons (Fsp3) is 0.870. The van der Waals surface area contributed by atoms with Crippen LogP contribution in [-0.2, 0) is 32.7 Å². The number of allylic oxidation sites excluding steroid dienone is 4. The standard InChI is InChI=1S/C46H88NO9P/c1-3-5-7-9-11-13-15-17-19-20-21-22-23-25-27-29-31-33-35-37-39-53-40-43(41-54-57(51,52)55-42-44(47)46(49)50)56-45(48)38-36-34-32-30-28-26-24-18-16-14-12-10-8-6-4-2/h12,14,18,24,43-44H,3-11,13,15-17,19-23,25-42,47H2,1-2H3,(H,49,50)(H,51,52)/b14-12-,24-18-. The molecule has 0 amide bonds. The molecule has 0 bridgehead atoms. The molecule has 4 N–H and O–H groups in total. The molecule has 0 aliphatic rings. The van der Waals surface area contributed by atoms with Crippen molar-refractivity contribution in [1.82, 2.24) is 0 Å². The number of ether oxygens (including phenoxy) is 2. The molecule has 0 fully saturated rings. The summed E-state index contributed by atoms with van der Waals surface area (Å²) < 4.78 is 33.4. The van der Waals surface area contributed by atoms with E-state index >= 15 is 0 Å². The molecule has 0 aromatic heterocycles. The maximum atomic E-state index is 12.6. The van der Waals surface area contributed by atoms with Gasteiger partial charge in [-0.25, -0.2) is 4.57 Å². The lowest BCUT2D eigenvalue weighted by atomic mass is 10.0. The van der Waals surface area contributed by atoms with Gasteiger partial charge in [-0.15, -0.1) is 0 Å². The van der Waals surface area contributed by atoms with E-state index in [2.05, 4.69) is 38.2 Å². The van der Waals surface area contributed by atoms with E-state index in [4.69, 9.17) is 29.4 Å². The predicted octanol–water partition coefficient (Wildman–Crippen LogP) is 13.1. The molecule has 57 heavy (non-hydrogen) atoms. The van der Waals surface area contributed by atoms with Crippen LogP contribution in [0, 0.1) is 0 Å². The van der Waals surface area contributed by atoms with Crippen LogP contribution in [0.1, 0.15) is 219 Å². The van der Waals surface area contributed by atoms with E-state index in [1.165, 1.54) is 135 Å². The normalized spacial score (nSPS) is 14.0. The molecule has 0 radical (unpaired) electrons. The van der Waals surface area contributed by atoms with Crippen molar-refractivity contribution in [2.75, 3.05) is 26.4 Å². The summed E-state index contributed by atoms with van der Waals surface area (Å²) >= 11 is 0. The topological polar surface area (TPSA) is 155 Å². The molecule has 336 valence electrons. The summed E-state index contributed by atoms with van der Waals surface area (Å²) in [4.78, 5) is 33.6. The molecule has 0 saturated carbocycles. The fourth-order valence-corrected chi connectivity index (χ4v) is 7.35. The average molecular weight is 830 g/mol. The lowest BCUT2D eigenvalue weighted by molar-refractivity contribution is -0.154. The number of hydrogen-bond donors (Lipinski definition) is 3. The number of phosphoric ester groups is 1. The number of carboxylic acid groups (broad SMARTS) is 1. The minimum atomic E-state index is -4.62. The third kappa shape index (κ3) is 42.4. The Morgan fingerprint density at radius 1 is 0.561 bits per heavy atom. The average Bonchev–Trinajstić information content (AvgIpc) is 3.19. The Kier molecular flexibility index (Phi) is 41.4. The van der Waals surface area contributed by atoms with Gasteiger partial charge in [0.25, 0.3) is 0 Å². The Morgan fingerprint density at radius 3 is 1.46 bits per heavy atom. The molecule has 11 heteroatoms. The highest BCUT2D eigenvalue weighted by atomic mass is 31.2. The van der Waals surface area contributed by atoms with Crippen LogP contribution in [0.25, 0.3) is 0 Å².